The number of rotatable bonds is 4. The molecule has 0 unspecified atom stereocenters. The van der Waals surface area contributed by atoms with Crippen LogP contribution < -0.4 is 10.6 Å². The molecule has 2 amide bonds. The maximum absolute atomic E-state index is 12.2. The second-order valence-corrected chi connectivity index (χ2v) is 4.64. The summed E-state index contributed by atoms with van der Waals surface area (Å²) < 4.78 is 5.06. The Balaban J connectivity index is 1.73. The van der Waals surface area contributed by atoms with Crippen LogP contribution in [-0.2, 0) is 20.9 Å². The molecule has 1 atom stereocenters. The zero-order valence-electron chi connectivity index (χ0n) is 11.0. The monoisotopic (exact) mass is 284 g/mol. The van der Waals surface area contributed by atoms with Gasteiger partial charge in [-0.25, -0.2) is 0 Å². The van der Waals surface area contributed by atoms with Gasteiger partial charge in [0.05, 0.1) is 12.8 Å². The molecule has 0 radical (unpaired) electrons. The van der Waals surface area contributed by atoms with Crippen LogP contribution in [0.5, 0.6) is 0 Å². The molecule has 1 aromatic heterocycles. The van der Waals surface area contributed by atoms with Gasteiger partial charge < -0.3 is 15.1 Å². The number of Topliss-reactive ketones (excluding diaryl/α,β-unsaturated/α-hetero) is 1. The minimum atomic E-state index is -1.09. The number of ketones is 1. The summed E-state index contributed by atoms with van der Waals surface area (Å²) >= 11 is 0. The summed E-state index contributed by atoms with van der Waals surface area (Å²) in [6.45, 7) is 0.105. The van der Waals surface area contributed by atoms with Crippen molar-refractivity contribution in [3.05, 3.63) is 54.0 Å². The molecule has 2 heterocycles. The predicted molar refractivity (Wildman–Crippen MR) is 73.4 cm³/mol. The molecule has 0 spiro atoms. The number of carbonyl (C=O) groups excluding carboxylic acids is 3. The quantitative estimate of drug-likeness (QED) is 0.652. The van der Waals surface area contributed by atoms with E-state index in [0.29, 0.717) is 17.0 Å². The minimum absolute atomic E-state index is 0.105. The molecule has 0 aliphatic carbocycles. The molecule has 106 valence electrons. The van der Waals surface area contributed by atoms with Crippen molar-refractivity contribution >= 4 is 23.3 Å². The van der Waals surface area contributed by atoms with Crippen LogP contribution in [0, 0.1) is 0 Å². The van der Waals surface area contributed by atoms with E-state index in [1.54, 1.807) is 36.4 Å². The van der Waals surface area contributed by atoms with Gasteiger partial charge in [-0.2, -0.15) is 0 Å². The summed E-state index contributed by atoms with van der Waals surface area (Å²) in [5, 5.41) is 5.05. The molecule has 2 aromatic rings. The second-order valence-electron chi connectivity index (χ2n) is 4.64. The third-order valence-electron chi connectivity index (χ3n) is 3.28. The maximum atomic E-state index is 12.2. The molecule has 0 bridgehead atoms. The Kier molecular flexibility index (Phi) is 3.27. The molecular weight excluding hydrogens is 272 g/mol. The molecule has 21 heavy (non-hydrogen) atoms. The molecular formula is C15H12N2O4. The molecule has 1 aromatic carbocycles. The molecule has 0 saturated heterocycles. The molecule has 3 rings (SSSR count). The number of fused-ring (bicyclic) bond motifs is 1. The zero-order valence-corrected chi connectivity index (χ0v) is 11.0. The number of nitrogens with one attached hydrogen (secondary N) is 2. The van der Waals surface area contributed by atoms with Crippen LogP contribution in [0.25, 0.3) is 0 Å². The van der Waals surface area contributed by atoms with E-state index in [0.717, 1.165) is 0 Å². The van der Waals surface area contributed by atoms with Gasteiger partial charge in [-0.05, 0) is 23.8 Å². The Hall–Kier alpha value is -2.89. The Morgan fingerprint density at radius 1 is 1.19 bits per heavy atom. The first-order chi connectivity index (χ1) is 10.2. The van der Waals surface area contributed by atoms with Gasteiger partial charge in [0.25, 0.3) is 5.91 Å². The topological polar surface area (TPSA) is 88.4 Å². The number of amides is 2. The number of benzene rings is 1. The summed E-state index contributed by atoms with van der Waals surface area (Å²) in [6, 6.07) is 10.2. The van der Waals surface area contributed by atoms with Crippen LogP contribution in [0.15, 0.2) is 47.1 Å². The Morgan fingerprint density at radius 2 is 2.00 bits per heavy atom. The summed E-state index contributed by atoms with van der Waals surface area (Å²) in [7, 11) is 0. The fourth-order valence-electron chi connectivity index (χ4n) is 2.27. The van der Waals surface area contributed by atoms with Gasteiger partial charge in [-0.1, -0.05) is 18.2 Å². The lowest BCUT2D eigenvalue weighted by Gasteiger charge is -2.07. The number of hydrogen-bond acceptors (Lipinski definition) is 4. The zero-order chi connectivity index (χ0) is 14.8. The van der Waals surface area contributed by atoms with E-state index < -0.39 is 23.5 Å². The Labute approximate surface area is 120 Å². The van der Waals surface area contributed by atoms with Crippen LogP contribution in [0.4, 0.5) is 5.69 Å². The van der Waals surface area contributed by atoms with Crippen molar-refractivity contribution in [1.29, 1.82) is 0 Å². The van der Waals surface area contributed by atoms with Gasteiger partial charge in [0.1, 0.15) is 11.7 Å². The lowest BCUT2D eigenvalue weighted by Crippen LogP contribution is -2.36. The molecule has 6 heteroatoms. The van der Waals surface area contributed by atoms with Crippen LogP contribution in [0.3, 0.4) is 0 Å². The first kappa shape index (κ1) is 13.1. The normalized spacial score (nSPS) is 16.2. The van der Waals surface area contributed by atoms with Crippen LogP contribution in [-0.4, -0.2) is 17.6 Å². The van der Waals surface area contributed by atoms with Crippen molar-refractivity contribution < 1.29 is 18.8 Å². The van der Waals surface area contributed by atoms with Crippen molar-refractivity contribution in [2.45, 2.75) is 12.5 Å². The van der Waals surface area contributed by atoms with E-state index in [-0.39, 0.29) is 6.54 Å². The van der Waals surface area contributed by atoms with E-state index in [4.69, 9.17) is 4.42 Å². The molecule has 0 fully saturated rings. The first-order valence-corrected chi connectivity index (χ1v) is 6.41. The predicted octanol–water partition coefficient (Wildman–Crippen LogP) is 1.20. The second kappa shape index (κ2) is 5.24. The summed E-state index contributed by atoms with van der Waals surface area (Å²) in [4.78, 5) is 36.0. The Morgan fingerprint density at radius 3 is 2.76 bits per heavy atom. The first-order valence-electron chi connectivity index (χ1n) is 6.41. The van der Waals surface area contributed by atoms with Crippen molar-refractivity contribution in [2.75, 3.05) is 5.32 Å². The van der Waals surface area contributed by atoms with E-state index in [2.05, 4.69) is 10.6 Å². The lowest BCUT2D eigenvalue weighted by atomic mass is 9.95. The lowest BCUT2D eigenvalue weighted by molar-refractivity contribution is -0.140. The third-order valence-corrected chi connectivity index (χ3v) is 3.28. The van der Waals surface area contributed by atoms with Crippen LogP contribution in [0.2, 0.25) is 0 Å². The molecule has 1 aliphatic heterocycles. The van der Waals surface area contributed by atoms with Gasteiger partial charge in [-0.15, -0.1) is 0 Å². The summed E-state index contributed by atoms with van der Waals surface area (Å²) in [5.74, 6) is -2.60. The van der Waals surface area contributed by atoms with Gasteiger partial charge in [-0.3, -0.25) is 14.4 Å². The molecule has 2 N–H and O–H groups in total. The van der Waals surface area contributed by atoms with Gasteiger partial charge in [0.2, 0.25) is 11.7 Å². The van der Waals surface area contributed by atoms with Crippen molar-refractivity contribution in [3.63, 3.8) is 0 Å². The summed E-state index contributed by atoms with van der Waals surface area (Å²) in [6.07, 6.45) is 1.48. The number of furan rings is 1. The minimum Gasteiger partial charge on any atom is -0.467 e. The van der Waals surface area contributed by atoms with Crippen LogP contribution in [0.1, 0.15) is 17.2 Å². The average molecular weight is 284 g/mol. The van der Waals surface area contributed by atoms with E-state index in [1.165, 1.54) is 6.26 Å². The third kappa shape index (κ3) is 2.43. The fraction of sp³-hybridized carbons (Fsp3) is 0.133. The van der Waals surface area contributed by atoms with Crippen molar-refractivity contribution in [3.8, 4) is 0 Å². The molecule has 0 saturated carbocycles. The Bertz CT molecular complexity index is 706. The molecule has 6 nitrogen and oxygen atoms in total. The van der Waals surface area contributed by atoms with Gasteiger partial charge >= 0.3 is 0 Å². The largest absolute Gasteiger partial charge is 0.467 e. The number of anilines is 1. The number of carbonyl (C=O) groups is 3. The fourth-order valence-corrected chi connectivity index (χ4v) is 2.27. The maximum Gasteiger partial charge on any atom is 0.288 e. The van der Waals surface area contributed by atoms with Crippen molar-refractivity contribution in [2.24, 2.45) is 0 Å². The number of para-hydroxylation sites is 1. The standard InChI is InChI=1S/C15H12N2O4/c18-13(15(20)16-8-9-4-3-7-21-9)12-10-5-1-2-6-11(10)17-14(12)19/h1-7,12H,8H2,(H,16,20)(H,17,19)/t12-/m0/s1. The van der Waals surface area contributed by atoms with E-state index in [1.807, 2.05) is 0 Å². The highest BCUT2D eigenvalue weighted by Gasteiger charge is 2.39. The molecule has 1 aliphatic rings. The SMILES string of the molecule is O=C(NCc1ccco1)C(=O)[C@H]1C(=O)Nc2ccccc21. The van der Waals surface area contributed by atoms with Gasteiger partial charge in [0.15, 0.2) is 0 Å². The van der Waals surface area contributed by atoms with Crippen molar-refractivity contribution in [1.82, 2.24) is 5.32 Å². The van der Waals surface area contributed by atoms with E-state index in [9.17, 15) is 14.4 Å². The smallest absolute Gasteiger partial charge is 0.288 e. The average Bonchev–Trinajstić information content (AvgIpc) is 3.10. The van der Waals surface area contributed by atoms with Gasteiger partial charge in [0, 0.05) is 5.69 Å². The summed E-state index contributed by atoms with van der Waals surface area (Å²) in [5.41, 5.74) is 1.10. The number of hydrogen-bond donors (Lipinski definition) is 2. The highest BCUT2D eigenvalue weighted by Crippen LogP contribution is 2.32. The van der Waals surface area contributed by atoms with Crippen LogP contribution >= 0.6 is 0 Å². The van der Waals surface area contributed by atoms with E-state index >= 15 is 0 Å². The highest BCUT2D eigenvalue weighted by atomic mass is 16.3. The highest BCUT2D eigenvalue weighted by molar-refractivity contribution is 6.44.